The van der Waals surface area contributed by atoms with E-state index in [0.29, 0.717) is 0 Å². The van der Waals surface area contributed by atoms with Crippen LogP contribution >= 0.6 is 23.5 Å². The van der Waals surface area contributed by atoms with Gasteiger partial charge in [-0.3, -0.25) is 0 Å². The van der Waals surface area contributed by atoms with Gasteiger partial charge in [0.05, 0.1) is 0 Å². The van der Waals surface area contributed by atoms with E-state index in [-0.39, 0.29) is 0 Å². The molecule has 0 aromatic heterocycles. The zero-order valence-electron chi connectivity index (χ0n) is 9.98. The maximum absolute atomic E-state index is 2.46. The van der Waals surface area contributed by atoms with Crippen LogP contribution in [0.5, 0.6) is 0 Å². The molecule has 0 saturated heterocycles. The molecule has 0 bridgehead atoms. The largest absolute Gasteiger partial charge is 0.304 e. The van der Waals surface area contributed by atoms with Crippen molar-refractivity contribution < 1.29 is 0 Å². The van der Waals surface area contributed by atoms with Crippen LogP contribution in [-0.2, 0) is 6.42 Å². The summed E-state index contributed by atoms with van der Waals surface area (Å²) in [7, 11) is 2.24. The van der Waals surface area contributed by atoms with Gasteiger partial charge in [0.1, 0.15) is 0 Å². The zero-order valence-corrected chi connectivity index (χ0v) is 11.6. The second-order valence-corrected chi connectivity index (χ2v) is 6.63. The highest BCUT2D eigenvalue weighted by Crippen LogP contribution is 2.36. The first-order chi connectivity index (χ1) is 7.79. The van der Waals surface area contributed by atoms with Crippen molar-refractivity contribution in [2.45, 2.75) is 16.6 Å². The van der Waals surface area contributed by atoms with Crippen LogP contribution in [-0.4, -0.2) is 42.3 Å². The van der Waals surface area contributed by atoms with Crippen LogP contribution in [0.3, 0.4) is 0 Å². The van der Waals surface area contributed by atoms with E-state index < -0.39 is 0 Å². The molecule has 1 aliphatic heterocycles. The van der Waals surface area contributed by atoms with Crippen LogP contribution in [0.4, 0.5) is 0 Å². The molecule has 1 aromatic rings. The van der Waals surface area contributed by atoms with Gasteiger partial charge in [0, 0.05) is 29.0 Å². The van der Waals surface area contributed by atoms with Gasteiger partial charge >= 0.3 is 0 Å². The number of nitrogens with zero attached hydrogens (tertiary/aromatic N) is 1. The predicted molar refractivity (Wildman–Crippen MR) is 75.7 cm³/mol. The van der Waals surface area contributed by atoms with Gasteiger partial charge in [-0.05, 0) is 31.4 Å². The molecular weight excluding hydrogens is 234 g/mol. The lowest BCUT2D eigenvalue weighted by Crippen LogP contribution is -2.29. The van der Waals surface area contributed by atoms with Gasteiger partial charge in [-0.15, -0.1) is 11.8 Å². The molecule has 0 saturated carbocycles. The number of benzene rings is 1. The molecule has 16 heavy (non-hydrogen) atoms. The molecule has 1 nitrogen and oxygen atoms in total. The Morgan fingerprint density at radius 1 is 1.44 bits per heavy atom. The van der Waals surface area contributed by atoms with Crippen molar-refractivity contribution in [3.63, 3.8) is 0 Å². The Morgan fingerprint density at radius 3 is 3.00 bits per heavy atom. The zero-order chi connectivity index (χ0) is 11.4. The molecule has 88 valence electrons. The molecule has 1 unspecified atom stereocenters. The Hall–Kier alpha value is -0.120. The molecule has 0 amide bonds. The Morgan fingerprint density at radius 2 is 2.25 bits per heavy atom. The molecule has 1 atom stereocenters. The summed E-state index contributed by atoms with van der Waals surface area (Å²) in [4.78, 5) is 3.95. The molecule has 0 N–H and O–H groups in total. The number of hydrogen-bond acceptors (Lipinski definition) is 3. The summed E-state index contributed by atoms with van der Waals surface area (Å²) in [5, 5.41) is 0.754. The van der Waals surface area contributed by atoms with Crippen molar-refractivity contribution in [1.82, 2.24) is 4.90 Å². The SMILES string of the molecule is CSCCN(C)CC1Cc2ccccc2S1. The van der Waals surface area contributed by atoms with Crippen LogP contribution in [0, 0.1) is 0 Å². The van der Waals surface area contributed by atoms with Gasteiger partial charge in [-0.25, -0.2) is 0 Å². The van der Waals surface area contributed by atoms with E-state index in [1.807, 2.05) is 23.5 Å². The van der Waals surface area contributed by atoms with E-state index in [1.54, 1.807) is 0 Å². The van der Waals surface area contributed by atoms with E-state index >= 15 is 0 Å². The van der Waals surface area contributed by atoms with Gasteiger partial charge < -0.3 is 4.90 Å². The minimum absolute atomic E-state index is 0.754. The summed E-state index contributed by atoms with van der Waals surface area (Å²) in [5.41, 5.74) is 1.54. The lowest BCUT2D eigenvalue weighted by molar-refractivity contribution is 0.356. The third-order valence-corrected chi connectivity index (χ3v) is 4.80. The smallest absolute Gasteiger partial charge is 0.0263 e. The molecular formula is C13H19NS2. The number of fused-ring (bicyclic) bond motifs is 1. The highest BCUT2D eigenvalue weighted by Gasteiger charge is 2.22. The fourth-order valence-corrected chi connectivity index (χ4v) is 3.95. The first-order valence-corrected chi connectivity index (χ1v) is 7.99. The molecule has 0 aliphatic carbocycles. The summed E-state index contributed by atoms with van der Waals surface area (Å²) >= 11 is 3.98. The fraction of sp³-hybridized carbons (Fsp3) is 0.538. The minimum Gasteiger partial charge on any atom is -0.304 e. The van der Waals surface area contributed by atoms with E-state index in [1.165, 1.54) is 35.7 Å². The van der Waals surface area contributed by atoms with E-state index in [0.717, 1.165) is 5.25 Å². The second kappa shape index (κ2) is 5.99. The predicted octanol–water partition coefficient (Wildman–Crippen LogP) is 3.00. The van der Waals surface area contributed by atoms with E-state index in [4.69, 9.17) is 0 Å². The normalized spacial score (nSPS) is 19.1. The fourth-order valence-electron chi connectivity index (χ4n) is 2.04. The Labute approximate surface area is 107 Å². The van der Waals surface area contributed by atoms with Crippen LogP contribution < -0.4 is 0 Å². The highest BCUT2D eigenvalue weighted by atomic mass is 32.2. The lowest BCUT2D eigenvalue weighted by Gasteiger charge is -2.19. The van der Waals surface area contributed by atoms with Gasteiger partial charge in [0.25, 0.3) is 0 Å². The minimum atomic E-state index is 0.754. The van der Waals surface area contributed by atoms with Crippen molar-refractivity contribution >= 4 is 23.5 Å². The summed E-state index contributed by atoms with van der Waals surface area (Å²) in [6.45, 7) is 2.41. The molecule has 1 heterocycles. The summed E-state index contributed by atoms with van der Waals surface area (Å²) in [5.74, 6) is 1.24. The van der Waals surface area contributed by atoms with E-state index in [2.05, 4.69) is 42.5 Å². The van der Waals surface area contributed by atoms with Crippen LogP contribution in [0.25, 0.3) is 0 Å². The quantitative estimate of drug-likeness (QED) is 0.794. The standard InChI is InChI=1S/C13H19NS2/c1-14(7-8-15-2)10-12-9-11-5-3-4-6-13(11)16-12/h3-6,12H,7-10H2,1-2H3. The summed E-state index contributed by atoms with van der Waals surface area (Å²) in [6.07, 6.45) is 3.42. The van der Waals surface area contributed by atoms with Gasteiger partial charge in [-0.2, -0.15) is 11.8 Å². The van der Waals surface area contributed by atoms with Crippen molar-refractivity contribution in [2.24, 2.45) is 0 Å². The van der Waals surface area contributed by atoms with Crippen LogP contribution in [0.15, 0.2) is 29.2 Å². The Balaban J connectivity index is 1.82. The second-order valence-electron chi connectivity index (χ2n) is 4.31. The van der Waals surface area contributed by atoms with Crippen molar-refractivity contribution in [3.8, 4) is 0 Å². The van der Waals surface area contributed by atoms with Gasteiger partial charge in [0.2, 0.25) is 0 Å². The van der Waals surface area contributed by atoms with Gasteiger partial charge in [-0.1, -0.05) is 18.2 Å². The average Bonchev–Trinajstić information content (AvgIpc) is 2.68. The number of hydrogen-bond donors (Lipinski definition) is 0. The molecule has 0 fully saturated rings. The first-order valence-electron chi connectivity index (χ1n) is 5.71. The molecule has 1 aromatic carbocycles. The third-order valence-electron chi connectivity index (χ3n) is 2.91. The molecule has 3 heteroatoms. The first kappa shape index (κ1) is 12.3. The summed E-state index contributed by atoms with van der Waals surface area (Å²) < 4.78 is 0. The Kier molecular flexibility index (Phi) is 4.62. The maximum Gasteiger partial charge on any atom is 0.0263 e. The average molecular weight is 253 g/mol. The van der Waals surface area contributed by atoms with Crippen LogP contribution in [0.1, 0.15) is 5.56 Å². The topological polar surface area (TPSA) is 3.24 Å². The molecule has 1 aliphatic rings. The van der Waals surface area contributed by atoms with E-state index in [9.17, 15) is 0 Å². The van der Waals surface area contributed by atoms with Crippen molar-refractivity contribution in [3.05, 3.63) is 29.8 Å². The molecule has 0 radical (unpaired) electrons. The number of rotatable bonds is 5. The molecule has 2 rings (SSSR count). The monoisotopic (exact) mass is 253 g/mol. The maximum atomic E-state index is 2.46. The van der Waals surface area contributed by atoms with Gasteiger partial charge in [0.15, 0.2) is 0 Å². The van der Waals surface area contributed by atoms with Crippen LogP contribution in [0.2, 0.25) is 0 Å². The third kappa shape index (κ3) is 3.19. The van der Waals surface area contributed by atoms with Crippen molar-refractivity contribution in [2.75, 3.05) is 32.1 Å². The summed E-state index contributed by atoms with van der Waals surface area (Å²) in [6, 6.07) is 8.82. The highest BCUT2D eigenvalue weighted by molar-refractivity contribution is 8.00. The molecule has 0 spiro atoms. The van der Waals surface area contributed by atoms with Crippen molar-refractivity contribution in [1.29, 1.82) is 0 Å². The number of thioether (sulfide) groups is 2. The Bertz CT molecular complexity index is 315. The lowest BCUT2D eigenvalue weighted by atomic mass is 10.1.